The molecule has 0 unspecified atom stereocenters. The van der Waals surface area contributed by atoms with Crippen LogP contribution in [0.15, 0.2) is 72.3 Å². The lowest BCUT2D eigenvalue weighted by molar-refractivity contribution is -0.138. The van der Waals surface area contributed by atoms with Crippen LogP contribution in [-0.2, 0) is 9.59 Å². The second kappa shape index (κ2) is 7.15. The molecule has 2 aromatic rings. The number of anilines is 1. The molecule has 4 atom stereocenters. The molecule has 5 rings (SSSR count). The highest BCUT2D eigenvalue weighted by molar-refractivity contribution is 6.17. The second-order valence-corrected chi connectivity index (χ2v) is 8.28. The number of halogens is 2. The number of allylic oxidation sites excluding steroid dienone is 3. The minimum Gasteiger partial charge on any atom is -0.497 e. The van der Waals surface area contributed by atoms with Gasteiger partial charge in [0.25, 0.3) is 5.91 Å². The van der Waals surface area contributed by atoms with Gasteiger partial charge in [0.1, 0.15) is 5.75 Å². The Balaban J connectivity index is 1.55. The first-order valence-electron chi connectivity index (χ1n) is 10.3. The van der Waals surface area contributed by atoms with E-state index < -0.39 is 29.1 Å². The van der Waals surface area contributed by atoms with Crippen LogP contribution in [0.2, 0.25) is 0 Å². The van der Waals surface area contributed by atoms with Gasteiger partial charge in [-0.2, -0.15) is 8.78 Å². The number of hydrogen-bond donors (Lipinski definition) is 1. The molecular weight excluding hydrogens is 400 g/mol. The van der Waals surface area contributed by atoms with Crippen molar-refractivity contribution >= 4 is 23.0 Å². The molecule has 0 spiro atoms. The van der Waals surface area contributed by atoms with E-state index in [0.717, 1.165) is 6.42 Å². The van der Waals surface area contributed by atoms with E-state index in [0.29, 0.717) is 16.9 Å². The summed E-state index contributed by atoms with van der Waals surface area (Å²) in [5, 5.41) is 2.26. The summed E-state index contributed by atoms with van der Waals surface area (Å²) in [4.78, 5) is 26.0. The minimum atomic E-state index is -3.95. The molecular formula is C25H21F2NO3. The third-order valence-electron chi connectivity index (χ3n) is 6.64. The highest BCUT2D eigenvalue weighted by atomic mass is 19.3. The van der Waals surface area contributed by atoms with Crippen molar-refractivity contribution in [2.75, 3.05) is 12.4 Å². The van der Waals surface area contributed by atoms with E-state index in [1.165, 1.54) is 19.2 Å². The van der Waals surface area contributed by atoms with Crippen LogP contribution in [0.25, 0.3) is 5.57 Å². The summed E-state index contributed by atoms with van der Waals surface area (Å²) >= 11 is 0. The summed E-state index contributed by atoms with van der Waals surface area (Å²) in [7, 11) is 1.49. The Hall–Kier alpha value is -3.28. The number of ketones is 1. The van der Waals surface area contributed by atoms with Gasteiger partial charge in [-0.1, -0.05) is 42.5 Å². The zero-order chi connectivity index (χ0) is 21.8. The average Bonchev–Trinajstić information content (AvgIpc) is 3.47. The van der Waals surface area contributed by atoms with Gasteiger partial charge < -0.3 is 10.1 Å². The molecule has 4 nitrogen and oxygen atoms in total. The lowest BCUT2D eigenvalue weighted by Gasteiger charge is -2.23. The third-order valence-corrected chi connectivity index (χ3v) is 6.64. The Morgan fingerprint density at radius 1 is 1.00 bits per heavy atom. The van der Waals surface area contributed by atoms with Crippen molar-refractivity contribution < 1.29 is 23.1 Å². The van der Waals surface area contributed by atoms with Crippen molar-refractivity contribution in [2.45, 2.75) is 12.3 Å². The van der Waals surface area contributed by atoms with Crippen LogP contribution in [0, 0.1) is 23.7 Å². The van der Waals surface area contributed by atoms with E-state index in [2.05, 4.69) is 5.32 Å². The summed E-state index contributed by atoms with van der Waals surface area (Å²) in [5.74, 6) is -6.33. The lowest BCUT2D eigenvalue weighted by atomic mass is 9.80. The van der Waals surface area contributed by atoms with Crippen molar-refractivity contribution in [3.8, 4) is 5.75 Å². The number of carbonyl (C=O) groups excluding carboxylic acids is 2. The molecule has 0 saturated heterocycles. The predicted octanol–water partition coefficient (Wildman–Crippen LogP) is 4.74. The number of alkyl halides is 2. The first-order valence-corrected chi connectivity index (χ1v) is 10.3. The van der Waals surface area contributed by atoms with Gasteiger partial charge in [-0.3, -0.25) is 9.59 Å². The number of nitrogens with one attached hydrogen (secondary N) is 1. The van der Waals surface area contributed by atoms with Crippen LogP contribution in [0.4, 0.5) is 14.5 Å². The molecule has 31 heavy (non-hydrogen) atoms. The van der Waals surface area contributed by atoms with Gasteiger partial charge in [0.2, 0.25) is 0 Å². The van der Waals surface area contributed by atoms with Gasteiger partial charge in [0.05, 0.1) is 12.7 Å². The van der Waals surface area contributed by atoms with Crippen molar-refractivity contribution in [1.29, 1.82) is 0 Å². The van der Waals surface area contributed by atoms with Crippen molar-refractivity contribution in [1.82, 2.24) is 0 Å². The quantitative estimate of drug-likeness (QED) is 0.710. The lowest BCUT2D eigenvalue weighted by Crippen LogP contribution is -2.39. The van der Waals surface area contributed by atoms with Crippen molar-refractivity contribution in [2.24, 2.45) is 23.7 Å². The van der Waals surface area contributed by atoms with Gasteiger partial charge in [-0.15, -0.1) is 0 Å². The van der Waals surface area contributed by atoms with Crippen LogP contribution in [0.1, 0.15) is 12.0 Å². The first kappa shape index (κ1) is 19.7. The number of carbonyl (C=O) groups is 2. The van der Waals surface area contributed by atoms with E-state index in [9.17, 15) is 9.59 Å². The maximum atomic E-state index is 15.6. The topological polar surface area (TPSA) is 55.4 Å². The smallest absolute Gasteiger partial charge is 0.353 e. The van der Waals surface area contributed by atoms with Gasteiger partial charge in [-0.25, -0.2) is 0 Å². The minimum absolute atomic E-state index is 0.0424. The molecule has 1 amide bonds. The number of rotatable bonds is 5. The Bertz CT molecular complexity index is 1110. The fourth-order valence-corrected chi connectivity index (χ4v) is 5.32. The van der Waals surface area contributed by atoms with Crippen LogP contribution < -0.4 is 10.1 Å². The summed E-state index contributed by atoms with van der Waals surface area (Å²) in [6.07, 6.45) is 4.79. The molecule has 0 aliphatic heterocycles. The van der Waals surface area contributed by atoms with E-state index in [1.807, 2.05) is 12.2 Å². The SMILES string of the molecule is COc1ccc(NC(=O)C(F)(F)C2=C(c3ccccc3)[C@H]3[C@@H](C2=O)[C@@H]2C=C[C@H]3C2)cc1. The Kier molecular flexibility index (Phi) is 4.54. The highest BCUT2D eigenvalue weighted by Crippen LogP contribution is 2.60. The van der Waals surface area contributed by atoms with E-state index in [4.69, 9.17) is 4.74 Å². The number of fused-ring (bicyclic) bond motifs is 5. The molecule has 3 aliphatic carbocycles. The van der Waals surface area contributed by atoms with E-state index >= 15 is 8.78 Å². The predicted molar refractivity (Wildman–Crippen MR) is 113 cm³/mol. The number of amides is 1. The summed E-state index contributed by atoms with van der Waals surface area (Å²) in [6, 6.07) is 14.9. The molecule has 0 radical (unpaired) electrons. The number of ether oxygens (including phenoxy) is 1. The van der Waals surface area contributed by atoms with Crippen molar-refractivity contribution in [3.05, 3.63) is 77.9 Å². The highest BCUT2D eigenvalue weighted by Gasteiger charge is 2.61. The zero-order valence-corrected chi connectivity index (χ0v) is 16.8. The van der Waals surface area contributed by atoms with Crippen molar-refractivity contribution in [3.63, 3.8) is 0 Å². The summed E-state index contributed by atoms with van der Waals surface area (Å²) in [6.45, 7) is 0. The third kappa shape index (κ3) is 3.00. The standard InChI is InChI=1S/C25H21F2NO3/c1-31-18-11-9-17(10-12-18)28-24(30)25(26,27)22-20(14-5-3-2-4-6-14)19-15-7-8-16(13-15)21(19)23(22)29/h2-12,15-16,19,21H,13H2,1H3,(H,28,30)/t15-,16+,19-,21-/m0/s1. The molecule has 0 aromatic heterocycles. The van der Waals surface area contributed by atoms with Gasteiger partial charge in [0.15, 0.2) is 5.78 Å². The number of benzene rings is 2. The largest absolute Gasteiger partial charge is 0.497 e. The Labute approximate surface area is 178 Å². The number of methoxy groups -OCH3 is 1. The van der Waals surface area contributed by atoms with Gasteiger partial charge in [0, 0.05) is 17.5 Å². The molecule has 1 saturated carbocycles. The van der Waals surface area contributed by atoms with E-state index in [-0.39, 0.29) is 23.4 Å². The van der Waals surface area contributed by atoms with Crippen LogP contribution in [0.3, 0.4) is 0 Å². The van der Waals surface area contributed by atoms with Crippen LogP contribution in [0.5, 0.6) is 5.75 Å². The first-order chi connectivity index (χ1) is 14.9. The van der Waals surface area contributed by atoms with Crippen LogP contribution in [-0.4, -0.2) is 24.7 Å². The maximum absolute atomic E-state index is 15.6. The molecule has 158 valence electrons. The average molecular weight is 421 g/mol. The molecule has 2 aromatic carbocycles. The summed E-state index contributed by atoms with van der Waals surface area (Å²) in [5.41, 5.74) is 0.455. The Morgan fingerprint density at radius 3 is 2.29 bits per heavy atom. The van der Waals surface area contributed by atoms with Crippen LogP contribution >= 0.6 is 0 Å². The fraction of sp³-hybridized carbons (Fsp3) is 0.280. The molecule has 1 fully saturated rings. The molecule has 1 N–H and O–H groups in total. The fourth-order valence-electron chi connectivity index (χ4n) is 5.32. The van der Waals surface area contributed by atoms with Gasteiger partial charge >= 0.3 is 5.92 Å². The second-order valence-electron chi connectivity index (χ2n) is 8.28. The maximum Gasteiger partial charge on any atom is 0.353 e. The summed E-state index contributed by atoms with van der Waals surface area (Å²) < 4.78 is 36.2. The van der Waals surface area contributed by atoms with Gasteiger partial charge in [-0.05, 0) is 53.7 Å². The number of Topliss-reactive ketones (excluding diaryl/α,β-unsaturated/α-hetero) is 1. The monoisotopic (exact) mass is 421 g/mol. The van der Waals surface area contributed by atoms with E-state index in [1.54, 1.807) is 42.5 Å². The Morgan fingerprint density at radius 2 is 1.65 bits per heavy atom. The number of hydrogen-bond acceptors (Lipinski definition) is 3. The molecule has 3 aliphatic rings. The zero-order valence-electron chi connectivity index (χ0n) is 16.8. The normalized spacial score (nSPS) is 26.4. The molecule has 6 heteroatoms. The molecule has 0 heterocycles. The molecule has 2 bridgehead atoms.